The first kappa shape index (κ1) is 28.2. The number of carbonyl (C=O) groups excluding carboxylic acids is 3. The summed E-state index contributed by atoms with van der Waals surface area (Å²) >= 11 is 1.15. The fourth-order valence-corrected chi connectivity index (χ4v) is 7.58. The minimum atomic E-state index is -4.96. The maximum atomic E-state index is 14.2. The van der Waals surface area contributed by atoms with Gasteiger partial charge in [0.15, 0.2) is 0 Å². The molecule has 4 N–H and O–H groups in total. The van der Waals surface area contributed by atoms with Gasteiger partial charge in [0, 0.05) is 23.9 Å². The van der Waals surface area contributed by atoms with E-state index in [0.29, 0.717) is 27.8 Å². The van der Waals surface area contributed by atoms with E-state index in [4.69, 9.17) is 14.5 Å². The monoisotopic (exact) mass is 581 g/mol. The predicted molar refractivity (Wildman–Crippen MR) is 143 cm³/mol. The molecule has 2 aromatic rings. The predicted octanol–water partition coefficient (Wildman–Crippen LogP) is 3.37. The van der Waals surface area contributed by atoms with Gasteiger partial charge in [-0.2, -0.15) is 0 Å². The Morgan fingerprint density at radius 3 is 2.64 bits per heavy atom. The number of methoxy groups -OCH3 is 1. The van der Waals surface area contributed by atoms with E-state index in [1.54, 1.807) is 12.0 Å². The molecule has 10 nitrogen and oxygen atoms in total. The van der Waals surface area contributed by atoms with Crippen molar-refractivity contribution in [2.24, 2.45) is 0 Å². The molecule has 13 heteroatoms. The summed E-state index contributed by atoms with van der Waals surface area (Å²) in [6, 6.07) is 4.31. The third kappa shape index (κ3) is 5.90. The molecule has 3 amide bonds. The van der Waals surface area contributed by atoms with E-state index in [9.17, 15) is 23.3 Å². The Labute approximate surface area is 229 Å². The van der Waals surface area contributed by atoms with Gasteiger partial charge in [-0.15, -0.1) is 11.3 Å². The van der Waals surface area contributed by atoms with Gasteiger partial charge in [-0.25, -0.2) is 4.39 Å². The molecule has 39 heavy (non-hydrogen) atoms. The molecule has 0 radical (unpaired) electrons. The van der Waals surface area contributed by atoms with Crippen molar-refractivity contribution in [3.8, 4) is 0 Å². The van der Waals surface area contributed by atoms with E-state index in [2.05, 4.69) is 10.6 Å². The highest BCUT2D eigenvalue weighted by Crippen LogP contribution is 2.53. The van der Waals surface area contributed by atoms with Crippen molar-refractivity contribution in [3.05, 3.63) is 34.7 Å². The van der Waals surface area contributed by atoms with Crippen LogP contribution in [-0.2, 0) is 18.9 Å². The first-order chi connectivity index (χ1) is 18.5. The average molecular weight is 582 g/mol. The lowest BCUT2D eigenvalue weighted by atomic mass is 10.1. The fraction of sp³-hybridized carbons (Fsp3) is 0.577. The molecule has 3 heterocycles. The molecule has 3 aliphatic rings. The van der Waals surface area contributed by atoms with Gasteiger partial charge in [-0.1, -0.05) is 6.07 Å². The van der Waals surface area contributed by atoms with Gasteiger partial charge in [0.25, 0.3) is 5.91 Å². The number of ether oxygens (including phenoxy) is 1. The normalized spacial score (nSPS) is 28.3. The molecule has 1 aromatic carbocycles. The average Bonchev–Trinajstić information content (AvgIpc) is 3.62. The minimum absolute atomic E-state index is 0.0296. The second-order valence-electron chi connectivity index (χ2n) is 10.7. The molecule has 0 bridgehead atoms. The highest BCUT2D eigenvalue weighted by molar-refractivity contribution is 7.51. The smallest absolute Gasteiger partial charge is 0.363 e. The van der Waals surface area contributed by atoms with E-state index in [1.165, 1.54) is 24.3 Å². The second-order valence-corrected chi connectivity index (χ2v) is 13.4. The maximum Gasteiger partial charge on any atom is 0.363 e. The van der Waals surface area contributed by atoms with Crippen molar-refractivity contribution >= 4 is 46.7 Å². The largest absolute Gasteiger partial charge is 0.381 e. The molecule has 2 saturated heterocycles. The van der Waals surface area contributed by atoms with Crippen LogP contribution in [0.3, 0.4) is 0 Å². The fourth-order valence-electron chi connectivity index (χ4n) is 6.08. The molecular formula is C26H33FN3O7PS. The van der Waals surface area contributed by atoms with E-state index in [-0.39, 0.29) is 35.6 Å². The van der Waals surface area contributed by atoms with E-state index in [0.717, 1.165) is 49.9 Å². The van der Waals surface area contributed by atoms with Crippen molar-refractivity contribution in [2.75, 3.05) is 7.11 Å². The summed E-state index contributed by atoms with van der Waals surface area (Å²) < 4.78 is 31.5. The van der Waals surface area contributed by atoms with Gasteiger partial charge in [0.1, 0.15) is 12.1 Å². The molecule has 2 aliphatic heterocycles. The quantitative estimate of drug-likeness (QED) is 0.367. The molecule has 1 aliphatic carbocycles. The zero-order valence-corrected chi connectivity index (χ0v) is 23.3. The molecule has 3 fully saturated rings. The molecule has 1 saturated carbocycles. The number of hydrogen-bond acceptors (Lipinski definition) is 6. The van der Waals surface area contributed by atoms with Crippen molar-refractivity contribution in [3.63, 3.8) is 0 Å². The number of hydrogen-bond donors (Lipinski definition) is 4. The molecule has 5 rings (SSSR count). The first-order valence-corrected chi connectivity index (χ1v) is 15.7. The number of nitrogens with one attached hydrogen (secondary N) is 2. The molecule has 1 aromatic heterocycles. The first-order valence-electron chi connectivity index (χ1n) is 13.2. The second kappa shape index (κ2) is 11.2. The summed E-state index contributed by atoms with van der Waals surface area (Å²) in [5.41, 5.74) is -0.167. The topological polar surface area (TPSA) is 145 Å². The number of rotatable bonds is 7. The van der Waals surface area contributed by atoms with Gasteiger partial charge in [0.05, 0.1) is 11.0 Å². The molecular weight excluding hydrogens is 548 g/mol. The summed E-state index contributed by atoms with van der Waals surface area (Å²) in [7, 11) is -3.29. The number of halogens is 1. The van der Waals surface area contributed by atoms with Gasteiger partial charge >= 0.3 is 7.60 Å². The number of nitrogens with zero attached hydrogens (tertiary/aromatic N) is 1. The minimum Gasteiger partial charge on any atom is -0.381 e. The van der Waals surface area contributed by atoms with Crippen molar-refractivity contribution < 1.29 is 37.9 Å². The molecule has 6 atom stereocenters. The van der Waals surface area contributed by atoms with Crippen LogP contribution in [0, 0.1) is 0 Å². The van der Waals surface area contributed by atoms with E-state index < -0.39 is 31.5 Å². The zero-order chi connectivity index (χ0) is 27.9. The van der Waals surface area contributed by atoms with Crippen LogP contribution in [0.5, 0.6) is 0 Å². The Bertz CT molecular complexity index is 1320. The van der Waals surface area contributed by atoms with Crippen molar-refractivity contribution in [2.45, 2.75) is 87.6 Å². The molecule has 212 valence electrons. The number of amides is 3. The Kier molecular flexibility index (Phi) is 8.13. The van der Waals surface area contributed by atoms with Crippen LogP contribution in [0.4, 0.5) is 4.39 Å². The third-order valence-electron chi connectivity index (χ3n) is 8.09. The zero-order valence-electron chi connectivity index (χ0n) is 21.5. The lowest BCUT2D eigenvalue weighted by Crippen LogP contribution is -2.55. The lowest BCUT2D eigenvalue weighted by molar-refractivity contribution is -0.141. The highest BCUT2D eigenvalue weighted by Gasteiger charge is 2.45. The van der Waals surface area contributed by atoms with Gasteiger partial charge in [0.2, 0.25) is 17.7 Å². The number of alkyl halides is 1. The summed E-state index contributed by atoms with van der Waals surface area (Å²) in [5.74, 6) is -3.31. The van der Waals surface area contributed by atoms with Crippen LogP contribution in [-0.4, -0.2) is 69.8 Å². The van der Waals surface area contributed by atoms with Crippen molar-refractivity contribution in [1.82, 2.24) is 15.5 Å². The number of carbonyl (C=O) groups is 3. The van der Waals surface area contributed by atoms with Gasteiger partial charge in [-0.05, 0) is 80.5 Å². The van der Waals surface area contributed by atoms with Crippen LogP contribution >= 0.6 is 18.9 Å². The van der Waals surface area contributed by atoms with Crippen LogP contribution in [0.25, 0.3) is 10.1 Å². The number of fused-ring (bicyclic) bond motifs is 2. The number of thiophene rings is 1. The Hall–Kier alpha value is -2.37. The summed E-state index contributed by atoms with van der Waals surface area (Å²) in [4.78, 5) is 60.3. The standard InChI is InChI=1S/C26H33FN3O7PS/c1-37-18-8-6-16(13-18)28-24(31)20-9-7-17-3-2-4-19(26(33)30(17)20)29-25(32)22-12-15-11-14(5-10-21(15)39-22)23(27)38(34,35)36/h5,10-12,16-20,23H,2-4,6-9,13H2,1H3,(H,28,31)(H,29,32)(H2,34,35,36)/t16-,17+,18-,19+,20+,23?/m1/s1. The highest BCUT2D eigenvalue weighted by atomic mass is 32.1. The Balaban J connectivity index is 1.27. The van der Waals surface area contributed by atoms with E-state index in [1.807, 2.05) is 0 Å². The van der Waals surface area contributed by atoms with Crippen LogP contribution < -0.4 is 10.6 Å². The summed E-state index contributed by atoms with van der Waals surface area (Å²) in [5, 5.41) is 6.42. The van der Waals surface area contributed by atoms with Crippen LogP contribution in [0.15, 0.2) is 24.3 Å². The SMILES string of the molecule is CO[C@@H]1CC[C@@H](NC(=O)[C@@H]2CC[C@@H]3CCC[C@H](NC(=O)c4cc5cc(C(F)P(=O)(O)O)ccc5s4)C(=O)N32)C1. The third-order valence-corrected chi connectivity index (χ3v) is 10.1. The number of benzene rings is 1. The van der Waals surface area contributed by atoms with Gasteiger partial charge in [-0.3, -0.25) is 18.9 Å². The molecule has 1 unspecified atom stereocenters. The lowest BCUT2D eigenvalue weighted by Gasteiger charge is -2.31. The maximum absolute atomic E-state index is 14.2. The van der Waals surface area contributed by atoms with Crippen LogP contribution in [0.1, 0.15) is 72.5 Å². The van der Waals surface area contributed by atoms with Gasteiger partial charge < -0.3 is 30.1 Å². The van der Waals surface area contributed by atoms with E-state index >= 15 is 0 Å². The Morgan fingerprint density at radius 1 is 1.13 bits per heavy atom. The summed E-state index contributed by atoms with van der Waals surface area (Å²) in [6.07, 6.45) is 5.93. The molecule has 0 spiro atoms. The van der Waals surface area contributed by atoms with Crippen molar-refractivity contribution in [1.29, 1.82) is 0 Å². The van der Waals surface area contributed by atoms with Crippen LogP contribution in [0.2, 0.25) is 0 Å². The Morgan fingerprint density at radius 2 is 1.92 bits per heavy atom. The summed E-state index contributed by atoms with van der Waals surface area (Å²) in [6.45, 7) is 0.